The van der Waals surface area contributed by atoms with Gasteiger partial charge in [-0.1, -0.05) is 69.5 Å². The summed E-state index contributed by atoms with van der Waals surface area (Å²) in [5.74, 6) is 0.700. The fourth-order valence-electron chi connectivity index (χ4n) is 3.47. The van der Waals surface area contributed by atoms with Gasteiger partial charge in [-0.2, -0.15) is 0 Å². The van der Waals surface area contributed by atoms with Gasteiger partial charge in [0.1, 0.15) is 0 Å². The van der Waals surface area contributed by atoms with E-state index in [2.05, 4.69) is 72.2 Å². The summed E-state index contributed by atoms with van der Waals surface area (Å²) in [5.41, 5.74) is 7.25. The van der Waals surface area contributed by atoms with Crippen LogP contribution >= 0.6 is 15.9 Å². The van der Waals surface area contributed by atoms with E-state index in [9.17, 15) is 0 Å². The molecule has 0 amide bonds. The molecule has 0 bridgehead atoms. The van der Waals surface area contributed by atoms with Crippen molar-refractivity contribution in [3.05, 3.63) is 70.3 Å². The van der Waals surface area contributed by atoms with Crippen molar-refractivity contribution in [2.75, 3.05) is 0 Å². The van der Waals surface area contributed by atoms with E-state index in [4.69, 9.17) is 0 Å². The van der Waals surface area contributed by atoms with Crippen LogP contribution < -0.4 is 0 Å². The number of halogens is 1. The molecule has 3 rings (SSSR count). The molecule has 0 nitrogen and oxygen atoms in total. The summed E-state index contributed by atoms with van der Waals surface area (Å²) in [5, 5.41) is 0. The lowest BCUT2D eigenvalue weighted by molar-refractivity contribution is 0.452. The maximum Gasteiger partial charge on any atom is 0.0429 e. The Bertz CT molecular complexity index is 595. The van der Waals surface area contributed by atoms with E-state index in [0.29, 0.717) is 10.7 Å². The van der Waals surface area contributed by atoms with E-state index in [0.717, 1.165) is 0 Å². The molecule has 2 aromatic carbocycles. The summed E-state index contributed by atoms with van der Waals surface area (Å²) in [4.78, 5) is 0.494. The lowest BCUT2D eigenvalue weighted by Gasteiger charge is -2.30. The van der Waals surface area contributed by atoms with Gasteiger partial charge in [0.15, 0.2) is 0 Å². The quantitative estimate of drug-likeness (QED) is 0.634. The second-order valence-corrected chi connectivity index (χ2v) is 7.09. The first-order valence-corrected chi connectivity index (χ1v) is 8.34. The van der Waals surface area contributed by atoms with Crippen molar-refractivity contribution >= 4 is 15.9 Å². The van der Waals surface area contributed by atoms with Gasteiger partial charge in [-0.25, -0.2) is 0 Å². The van der Waals surface area contributed by atoms with Gasteiger partial charge in [0.2, 0.25) is 0 Å². The molecule has 2 atom stereocenters. The molecule has 1 aliphatic carbocycles. The van der Waals surface area contributed by atoms with Crippen LogP contribution in [-0.4, -0.2) is 0 Å². The van der Waals surface area contributed by atoms with Crippen molar-refractivity contribution in [3.8, 4) is 0 Å². The van der Waals surface area contributed by atoms with Crippen LogP contribution in [0.5, 0.6) is 0 Å². The Labute approximate surface area is 130 Å². The number of hydrogen-bond acceptors (Lipinski definition) is 0. The molecule has 0 fully saturated rings. The third-order valence-corrected chi connectivity index (χ3v) is 5.57. The predicted octanol–water partition coefficient (Wildman–Crippen LogP) is 5.54. The van der Waals surface area contributed by atoms with E-state index >= 15 is 0 Å². The second-order valence-electron chi connectivity index (χ2n) is 6.10. The van der Waals surface area contributed by atoms with E-state index in [-0.39, 0.29) is 0 Å². The first-order chi connectivity index (χ1) is 9.63. The van der Waals surface area contributed by atoms with Crippen molar-refractivity contribution in [1.82, 2.24) is 0 Å². The Morgan fingerprint density at radius 3 is 2.50 bits per heavy atom. The van der Waals surface area contributed by atoms with Gasteiger partial charge in [0.05, 0.1) is 0 Å². The van der Waals surface area contributed by atoms with Gasteiger partial charge >= 0.3 is 0 Å². The minimum Gasteiger partial charge on any atom is -0.0836 e. The highest BCUT2D eigenvalue weighted by Crippen LogP contribution is 2.42. The van der Waals surface area contributed by atoms with Crippen LogP contribution in [0.15, 0.2) is 42.5 Å². The molecular formula is C19H21Br. The van der Waals surface area contributed by atoms with Crippen molar-refractivity contribution in [1.29, 1.82) is 0 Å². The third-order valence-electron chi connectivity index (χ3n) is 4.33. The zero-order valence-corrected chi connectivity index (χ0v) is 13.8. The second kappa shape index (κ2) is 5.73. The van der Waals surface area contributed by atoms with Crippen LogP contribution in [0.4, 0.5) is 0 Å². The van der Waals surface area contributed by atoms with Crippen LogP contribution in [0.1, 0.15) is 39.1 Å². The Morgan fingerprint density at radius 2 is 1.75 bits per heavy atom. The number of benzene rings is 2. The summed E-state index contributed by atoms with van der Waals surface area (Å²) in [6, 6.07) is 15.8. The van der Waals surface area contributed by atoms with E-state index in [1.54, 1.807) is 0 Å². The van der Waals surface area contributed by atoms with Gasteiger partial charge in [-0.05, 0) is 55.7 Å². The van der Waals surface area contributed by atoms with Crippen molar-refractivity contribution in [2.45, 2.75) is 37.9 Å². The Hall–Kier alpha value is -1.08. The minimum atomic E-state index is 0.494. The number of alkyl halides is 1. The Balaban J connectivity index is 1.82. The molecule has 0 spiro atoms. The van der Waals surface area contributed by atoms with Crippen LogP contribution in [0, 0.1) is 19.8 Å². The molecule has 1 aliphatic rings. The molecule has 2 aromatic rings. The maximum absolute atomic E-state index is 3.95. The molecule has 0 radical (unpaired) electrons. The number of hydrogen-bond donors (Lipinski definition) is 0. The lowest BCUT2D eigenvalue weighted by atomic mass is 9.80. The molecule has 0 N–H and O–H groups in total. The Kier molecular flexibility index (Phi) is 3.98. The summed E-state index contributed by atoms with van der Waals surface area (Å²) in [7, 11) is 0. The van der Waals surface area contributed by atoms with Crippen LogP contribution in [0.3, 0.4) is 0 Å². The zero-order chi connectivity index (χ0) is 14.1. The van der Waals surface area contributed by atoms with Gasteiger partial charge in [-0.3, -0.25) is 0 Å². The van der Waals surface area contributed by atoms with E-state index in [1.807, 2.05) is 0 Å². The fraction of sp³-hybridized carbons (Fsp3) is 0.368. The highest BCUT2D eigenvalue weighted by molar-refractivity contribution is 9.09. The number of fused-ring (bicyclic) bond motifs is 1. The van der Waals surface area contributed by atoms with Gasteiger partial charge in [-0.15, -0.1) is 0 Å². The van der Waals surface area contributed by atoms with E-state index < -0.39 is 0 Å². The summed E-state index contributed by atoms with van der Waals surface area (Å²) < 4.78 is 0. The first-order valence-electron chi connectivity index (χ1n) is 7.42. The van der Waals surface area contributed by atoms with Crippen molar-refractivity contribution < 1.29 is 0 Å². The van der Waals surface area contributed by atoms with Crippen molar-refractivity contribution in [3.63, 3.8) is 0 Å². The zero-order valence-electron chi connectivity index (χ0n) is 12.2. The summed E-state index contributed by atoms with van der Waals surface area (Å²) in [6.07, 6.45) is 3.67. The summed E-state index contributed by atoms with van der Waals surface area (Å²) in [6.45, 7) is 4.39. The minimum absolute atomic E-state index is 0.494. The topological polar surface area (TPSA) is 0 Å². The molecule has 20 heavy (non-hydrogen) atoms. The van der Waals surface area contributed by atoms with Crippen LogP contribution in [0.2, 0.25) is 0 Å². The monoisotopic (exact) mass is 328 g/mol. The maximum atomic E-state index is 3.95. The average Bonchev–Trinajstić information content (AvgIpc) is 2.41. The fourth-order valence-corrected chi connectivity index (χ4v) is 4.37. The standard InChI is InChI=1S/C19H21Br/c1-13-9-14(2)11-15(10-13)12-17-8-7-16-5-3-4-6-18(16)19(17)20/h3-6,9-11,17,19H,7-8,12H2,1-2H3. The number of rotatable bonds is 2. The molecular weight excluding hydrogens is 308 g/mol. The highest BCUT2D eigenvalue weighted by Gasteiger charge is 2.27. The van der Waals surface area contributed by atoms with Gasteiger partial charge in [0, 0.05) is 4.83 Å². The molecule has 104 valence electrons. The average molecular weight is 329 g/mol. The van der Waals surface area contributed by atoms with Gasteiger partial charge < -0.3 is 0 Å². The molecule has 1 heteroatoms. The van der Waals surface area contributed by atoms with Crippen molar-refractivity contribution in [2.24, 2.45) is 5.92 Å². The smallest absolute Gasteiger partial charge is 0.0429 e. The van der Waals surface area contributed by atoms with Crippen LogP contribution in [0.25, 0.3) is 0 Å². The molecule has 0 saturated heterocycles. The van der Waals surface area contributed by atoms with Gasteiger partial charge in [0.25, 0.3) is 0 Å². The molecule has 0 heterocycles. The SMILES string of the molecule is Cc1cc(C)cc(CC2CCc3ccccc3C2Br)c1. The number of aryl methyl sites for hydroxylation is 3. The van der Waals surface area contributed by atoms with E-state index in [1.165, 1.54) is 47.1 Å². The van der Waals surface area contributed by atoms with Crippen LogP contribution in [-0.2, 0) is 12.8 Å². The summed E-state index contributed by atoms with van der Waals surface area (Å²) >= 11 is 3.95. The Morgan fingerprint density at radius 1 is 1.05 bits per heavy atom. The predicted molar refractivity (Wildman–Crippen MR) is 89.5 cm³/mol. The first kappa shape index (κ1) is 13.9. The lowest BCUT2D eigenvalue weighted by Crippen LogP contribution is -2.18. The molecule has 0 aromatic heterocycles. The molecule has 0 saturated carbocycles. The highest BCUT2D eigenvalue weighted by atomic mass is 79.9. The largest absolute Gasteiger partial charge is 0.0836 e. The molecule has 0 aliphatic heterocycles. The normalized spacial score (nSPS) is 21.6. The molecule has 2 unspecified atom stereocenters. The third kappa shape index (κ3) is 2.83.